The molecule has 0 aromatic carbocycles. The number of carbonyl (C=O) groups is 1. The van der Waals surface area contributed by atoms with Gasteiger partial charge in [-0.3, -0.25) is 0 Å². The Morgan fingerprint density at radius 3 is 3.00 bits per heavy atom. The molecule has 0 spiro atoms. The molecule has 1 N–H and O–H groups in total. The van der Waals surface area contributed by atoms with Crippen LogP contribution in [0.2, 0.25) is 0 Å². The van der Waals surface area contributed by atoms with E-state index in [2.05, 4.69) is 10.9 Å². The van der Waals surface area contributed by atoms with E-state index in [1.807, 2.05) is 11.8 Å². The molecule has 16 heavy (non-hydrogen) atoms. The zero-order chi connectivity index (χ0) is 12.0. The summed E-state index contributed by atoms with van der Waals surface area (Å²) in [5, 5.41) is 9.01. The standard InChI is InChI=1S/C12H14N2O2/c1-3-8-14(9-4-2)10-6-5-7-13-11(10)12(15)16/h1,5-7H,4,8-9H2,2H3,(H,15,16). The number of terminal acetylenes is 1. The van der Waals surface area contributed by atoms with Crippen LogP contribution in [-0.2, 0) is 0 Å². The van der Waals surface area contributed by atoms with E-state index in [0.717, 1.165) is 13.0 Å². The van der Waals surface area contributed by atoms with E-state index in [1.165, 1.54) is 6.20 Å². The number of rotatable bonds is 5. The molecular weight excluding hydrogens is 204 g/mol. The maximum atomic E-state index is 11.0. The third-order valence-electron chi connectivity index (χ3n) is 2.11. The van der Waals surface area contributed by atoms with Gasteiger partial charge in [0, 0.05) is 12.7 Å². The van der Waals surface area contributed by atoms with Gasteiger partial charge in [0.25, 0.3) is 0 Å². The van der Waals surface area contributed by atoms with Crippen molar-refractivity contribution < 1.29 is 9.90 Å². The fraction of sp³-hybridized carbons (Fsp3) is 0.333. The van der Waals surface area contributed by atoms with Crippen LogP contribution in [0.4, 0.5) is 5.69 Å². The van der Waals surface area contributed by atoms with Gasteiger partial charge >= 0.3 is 5.97 Å². The van der Waals surface area contributed by atoms with Crippen LogP contribution in [0.25, 0.3) is 0 Å². The van der Waals surface area contributed by atoms with E-state index in [0.29, 0.717) is 12.2 Å². The molecule has 1 rings (SSSR count). The molecule has 4 heteroatoms. The van der Waals surface area contributed by atoms with Gasteiger partial charge in [0.05, 0.1) is 12.2 Å². The smallest absolute Gasteiger partial charge is 0.356 e. The van der Waals surface area contributed by atoms with Crippen LogP contribution < -0.4 is 4.90 Å². The first-order chi connectivity index (χ1) is 7.70. The second kappa shape index (κ2) is 5.76. The topological polar surface area (TPSA) is 53.4 Å². The molecule has 0 saturated carbocycles. The SMILES string of the molecule is C#CCN(CCC)c1cccnc1C(=O)O. The highest BCUT2D eigenvalue weighted by Crippen LogP contribution is 2.18. The summed E-state index contributed by atoms with van der Waals surface area (Å²) in [6, 6.07) is 3.43. The van der Waals surface area contributed by atoms with Gasteiger partial charge in [-0.1, -0.05) is 12.8 Å². The minimum absolute atomic E-state index is 0.0474. The number of hydrogen-bond acceptors (Lipinski definition) is 3. The number of pyridine rings is 1. The fourth-order valence-electron chi connectivity index (χ4n) is 1.48. The Morgan fingerprint density at radius 2 is 2.44 bits per heavy atom. The molecule has 0 aliphatic heterocycles. The molecule has 0 aliphatic rings. The highest BCUT2D eigenvalue weighted by Gasteiger charge is 2.15. The highest BCUT2D eigenvalue weighted by atomic mass is 16.4. The number of carboxylic acids is 1. The summed E-state index contributed by atoms with van der Waals surface area (Å²) < 4.78 is 0. The van der Waals surface area contributed by atoms with E-state index in [4.69, 9.17) is 11.5 Å². The molecule has 84 valence electrons. The van der Waals surface area contributed by atoms with Crippen molar-refractivity contribution >= 4 is 11.7 Å². The fourth-order valence-corrected chi connectivity index (χ4v) is 1.48. The number of nitrogens with zero attached hydrogens (tertiary/aromatic N) is 2. The zero-order valence-electron chi connectivity index (χ0n) is 9.18. The second-order valence-corrected chi connectivity index (χ2v) is 3.30. The van der Waals surface area contributed by atoms with Crippen molar-refractivity contribution in [3.05, 3.63) is 24.0 Å². The predicted molar refractivity (Wildman–Crippen MR) is 62.5 cm³/mol. The molecule has 4 nitrogen and oxygen atoms in total. The summed E-state index contributed by atoms with van der Waals surface area (Å²) in [4.78, 5) is 16.7. The van der Waals surface area contributed by atoms with Gasteiger partial charge in [0.15, 0.2) is 5.69 Å². The zero-order valence-corrected chi connectivity index (χ0v) is 9.18. The quantitative estimate of drug-likeness (QED) is 0.763. The van der Waals surface area contributed by atoms with Gasteiger partial charge in [0.1, 0.15) is 0 Å². The molecular formula is C12H14N2O2. The predicted octanol–water partition coefficient (Wildman–Crippen LogP) is 1.63. The maximum Gasteiger partial charge on any atom is 0.356 e. The van der Waals surface area contributed by atoms with Gasteiger partial charge in [-0.25, -0.2) is 9.78 Å². The summed E-state index contributed by atoms with van der Waals surface area (Å²) in [6.45, 7) is 3.12. The average molecular weight is 218 g/mol. The van der Waals surface area contributed by atoms with Crippen LogP contribution in [0.1, 0.15) is 23.8 Å². The molecule has 0 fully saturated rings. The van der Waals surface area contributed by atoms with Crippen LogP contribution in [0.5, 0.6) is 0 Å². The number of hydrogen-bond donors (Lipinski definition) is 1. The first-order valence-electron chi connectivity index (χ1n) is 5.07. The summed E-state index contributed by atoms with van der Waals surface area (Å²) in [6.07, 6.45) is 7.63. The van der Waals surface area contributed by atoms with Crippen molar-refractivity contribution in [1.29, 1.82) is 0 Å². The molecule has 0 amide bonds. The minimum Gasteiger partial charge on any atom is -0.476 e. The van der Waals surface area contributed by atoms with Gasteiger partial charge in [0.2, 0.25) is 0 Å². The Morgan fingerprint density at radius 1 is 1.69 bits per heavy atom. The lowest BCUT2D eigenvalue weighted by atomic mass is 10.2. The first kappa shape index (κ1) is 12.1. The normalized spacial score (nSPS) is 9.50. The van der Waals surface area contributed by atoms with Gasteiger partial charge in [-0.15, -0.1) is 6.42 Å². The van der Waals surface area contributed by atoms with Crippen molar-refractivity contribution in [3.8, 4) is 12.3 Å². The van der Waals surface area contributed by atoms with Crippen molar-refractivity contribution in [2.45, 2.75) is 13.3 Å². The Kier molecular flexibility index (Phi) is 4.34. The third-order valence-corrected chi connectivity index (χ3v) is 2.11. The lowest BCUT2D eigenvalue weighted by molar-refractivity contribution is 0.0691. The van der Waals surface area contributed by atoms with E-state index < -0.39 is 5.97 Å². The monoisotopic (exact) mass is 218 g/mol. The van der Waals surface area contributed by atoms with Crippen molar-refractivity contribution in [1.82, 2.24) is 4.98 Å². The highest BCUT2D eigenvalue weighted by molar-refractivity contribution is 5.92. The van der Waals surface area contributed by atoms with Crippen molar-refractivity contribution in [3.63, 3.8) is 0 Å². The maximum absolute atomic E-state index is 11.0. The molecule has 0 radical (unpaired) electrons. The molecule has 0 aliphatic carbocycles. The van der Waals surface area contributed by atoms with E-state index >= 15 is 0 Å². The van der Waals surface area contributed by atoms with E-state index in [-0.39, 0.29) is 5.69 Å². The Bertz CT molecular complexity index is 410. The van der Waals surface area contributed by atoms with Crippen molar-refractivity contribution in [2.75, 3.05) is 18.0 Å². The molecule has 1 heterocycles. The molecule has 0 atom stereocenters. The summed E-state index contributed by atoms with van der Waals surface area (Å²) in [5.74, 6) is 1.49. The largest absolute Gasteiger partial charge is 0.476 e. The van der Waals surface area contributed by atoms with Crippen LogP contribution in [0.15, 0.2) is 18.3 Å². The van der Waals surface area contributed by atoms with Crippen LogP contribution >= 0.6 is 0 Å². The number of carboxylic acid groups (broad SMARTS) is 1. The second-order valence-electron chi connectivity index (χ2n) is 3.30. The van der Waals surface area contributed by atoms with Crippen LogP contribution in [0.3, 0.4) is 0 Å². The van der Waals surface area contributed by atoms with E-state index in [1.54, 1.807) is 12.1 Å². The summed E-state index contributed by atoms with van der Waals surface area (Å²) in [5.41, 5.74) is 0.626. The van der Waals surface area contributed by atoms with E-state index in [9.17, 15) is 4.79 Å². The number of aromatic nitrogens is 1. The molecule has 1 aromatic rings. The summed E-state index contributed by atoms with van der Waals surface area (Å²) >= 11 is 0. The van der Waals surface area contributed by atoms with Crippen LogP contribution in [0, 0.1) is 12.3 Å². The molecule has 0 unspecified atom stereocenters. The number of anilines is 1. The molecule has 1 aromatic heterocycles. The Balaban J connectivity index is 3.08. The molecule has 0 bridgehead atoms. The molecule has 0 saturated heterocycles. The first-order valence-corrected chi connectivity index (χ1v) is 5.07. The lowest BCUT2D eigenvalue weighted by Gasteiger charge is -2.22. The Labute approximate surface area is 94.9 Å². The van der Waals surface area contributed by atoms with Crippen LogP contribution in [-0.4, -0.2) is 29.1 Å². The number of aromatic carboxylic acids is 1. The summed E-state index contributed by atoms with van der Waals surface area (Å²) in [7, 11) is 0. The van der Waals surface area contributed by atoms with Gasteiger partial charge in [-0.05, 0) is 18.6 Å². The third kappa shape index (κ3) is 2.74. The van der Waals surface area contributed by atoms with Gasteiger partial charge < -0.3 is 10.0 Å². The van der Waals surface area contributed by atoms with Crippen molar-refractivity contribution in [2.24, 2.45) is 0 Å². The minimum atomic E-state index is -1.03. The Hall–Kier alpha value is -2.02. The van der Waals surface area contributed by atoms with Gasteiger partial charge in [-0.2, -0.15) is 0 Å². The average Bonchev–Trinajstić information content (AvgIpc) is 2.29. The lowest BCUT2D eigenvalue weighted by Crippen LogP contribution is -2.26.